The SMILES string of the molecule is CCCCCCCCCCCCCCCCC(CCCCCCCCCCCCCCCC)P(C)(C)(F)CCCCCCCCCCCCCCCC. The van der Waals surface area contributed by atoms with E-state index >= 15 is 4.20 Å². The van der Waals surface area contributed by atoms with E-state index in [1.54, 1.807) is 0 Å². The normalized spacial score (nSPS) is 12.9. The molecule has 0 nitrogen and oxygen atoms in total. The van der Waals surface area contributed by atoms with Crippen molar-refractivity contribution in [2.45, 2.75) is 309 Å². The minimum atomic E-state index is -3.14. The molecule has 0 spiro atoms. The van der Waals surface area contributed by atoms with Crippen LogP contribution >= 0.6 is 6.91 Å². The van der Waals surface area contributed by atoms with Crippen molar-refractivity contribution in [1.29, 1.82) is 0 Å². The first-order valence-corrected chi connectivity index (χ1v) is 28.9. The predicted molar refractivity (Wildman–Crippen MR) is 249 cm³/mol. The molecule has 0 aliphatic heterocycles. The molecule has 2 heteroatoms. The van der Waals surface area contributed by atoms with Gasteiger partial charge in [0.1, 0.15) is 0 Å². The zero-order chi connectivity index (χ0) is 38.8. The summed E-state index contributed by atoms with van der Waals surface area (Å²) in [7, 11) is 0. The Bertz CT molecular complexity index is 648. The van der Waals surface area contributed by atoms with Crippen LogP contribution in [0.1, 0.15) is 303 Å². The van der Waals surface area contributed by atoms with E-state index < -0.39 is 6.91 Å². The fourth-order valence-corrected chi connectivity index (χ4v) is 12.5. The van der Waals surface area contributed by atoms with Gasteiger partial charge in [-0.1, -0.05) is 91.4 Å². The molecule has 0 aromatic heterocycles. The molecule has 0 amide bonds. The molecule has 0 saturated carbocycles. The second-order valence-corrected chi connectivity index (χ2v) is 24.9. The Morgan fingerprint density at radius 3 is 0.642 bits per heavy atom. The molecule has 0 N–H and O–H groups in total. The molecular weight excluding hydrogens is 663 g/mol. The molecule has 0 aliphatic carbocycles. The molecule has 0 fully saturated rings. The van der Waals surface area contributed by atoms with Crippen LogP contribution < -0.4 is 0 Å². The van der Waals surface area contributed by atoms with Crippen LogP contribution in [0.25, 0.3) is 0 Å². The maximum absolute atomic E-state index is 17.1. The van der Waals surface area contributed by atoms with Gasteiger partial charge in [0.05, 0.1) is 0 Å². The summed E-state index contributed by atoms with van der Waals surface area (Å²) in [5.41, 5.74) is 0.359. The topological polar surface area (TPSA) is 0 Å². The van der Waals surface area contributed by atoms with Crippen LogP contribution in [0.5, 0.6) is 0 Å². The number of unbranched alkanes of at least 4 members (excludes halogenated alkanes) is 39. The van der Waals surface area contributed by atoms with Crippen molar-refractivity contribution in [2.75, 3.05) is 19.5 Å². The first kappa shape index (κ1) is 53.4. The van der Waals surface area contributed by atoms with Gasteiger partial charge in [0.15, 0.2) is 0 Å². The average Bonchev–Trinajstić information content (AvgIpc) is 3.14. The van der Waals surface area contributed by atoms with E-state index in [2.05, 4.69) is 34.1 Å². The van der Waals surface area contributed by atoms with Gasteiger partial charge in [0.25, 0.3) is 0 Å². The molecule has 322 valence electrons. The number of rotatable bonds is 46. The molecule has 0 radical (unpaired) electrons. The Hall–Kier alpha value is 0.360. The molecule has 0 atom stereocenters. The Balaban J connectivity index is 4.35. The van der Waals surface area contributed by atoms with E-state index in [4.69, 9.17) is 0 Å². The quantitative estimate of drug-likeness (QED) is 0.0427. The molecule has 0 saturated heterocycles. The predicted octanol–water partition coefficient (Wildman–Crippen LogP) is 20.3. The van der Waals surface area contributed by atoms with Gasteiger partial charge >= 0.3 is 248 Å². The summed E-state index contributed by atoms with van der Waals surface area (Å²) in [5, 5.41) is 0. The number of hydrogen-bond acceptors (Lipinski definition) is 0. The summed E-state index contributed by atoms with van der Waals surface area (Å²) in [6.07, 6.45) is 61.9. The van der Waals surface area contributed by atoms with Crippen molar-refractivity contribution in [3.63, 3.8) is 0 Å². The Morgan fingerprint density at radius 2 is 0.434 bits per heavy atom. The van der Waals surface area contributed by atoms with Gasteiger partial charge in [-0.25, -0.2) is 0 Å². The molecule has 0 rings (SSSR count). The third-order valence-electron chi connectivity index (χ3n) is 13.1. The monoisotopic (exact) mass is 769 g/mol. The average molecular weight is 769 g/mol. The summed E-state index contributed by atoms with van der Waals surface area (Å²) in [4.78, 5) is 0. The van der Waals surface area contributed by atoms with Crippen LogP contribution in [-0.4, -0.2) is 25.2 Å². The standard InChI is InChI=1S/C51H106FP/c1-6-9-12-15-18-21-24-27-30-33-36-39-42-45-48-51(49-46-43-40-37-34-31-28-25-22-19-16-13-10-7-2)53(4,5,52)50-47-44-41-38-35-32-29-26-23-20-17-14-11-8-3/h51H,6-50H2,1-5H3. The summed E-state index contributed by atoms with van der Waals surface area (Å²) in [5.74, 6) is 0. The first-order chi connectivity index (χ1) is 25.9. The number of halogens is 1. The molecule has 0 aromatic rings. The van der Waals surface area contributed by atoms with Crippen molar-refractivity contribution in [3.8, 4) is 0 Å². The molecular formula is C51H106FP. The molecule has 0 bridgehead atoms. The second-order valence-electron chi connectivity index (χ2n) is 19.1. The summed E-state index contributed by atoms with van der Waals surface area (Å²) in [6, 6.07) is 0. The van der Waals surface area contributed by atoms with Crippen molar-refractivity contribution in [3.05, 3.63) is 0 Å². The Morgan fingerprint density at radius 1 is 0.264 bits per heavy atom. The van der Waals surface area contributed by atoms with E-state index in [1.807, 2.05) is 0 Å². The third kappa shape index (κ3) is 39.0. The Labute approximate surface area is 338 Å². The van der Waals surface area contributed by atoms with Gasteiger partial charge < -0.3 is 0 Å². The molecule has 0 aromatic carbocycles. The van der Waals surface area contributed by atoms with Crippen LogP contribution in [-0.2, 0) is 0 Å². The van der Waals surface area contributed by atoms with Crippen LogP contribution in [0.4, 0.5) is 4.20 Å². The van der Waals surface area contributed by atoms with Crippen molar-refractivity contribution in [1.82, 2.24) is 0 Å². The van der Waals surface area contributed by atoms with Gasteiger partial charge in [-0.15, -0.1) is 0 Å². The second kappa shape index (κ2) is 40.6. The van der Waals surface area contributed by atoms with E-state index in [9.17, 15) is 0 Å². The van der Waals surface area contributed by atoms with Gasteiger partial charge in [-0.2, -0.15) is 0 Å². The zero-order valence-corrected chi connectivity index (χ0v) is 39.1. The van der Waals surface area contributed by atoms with Crippen LogP contribution in [0.2, 0.25) is 0 Å². The van der Waals surface area contributed by atoms with E-state index in [0.717, 1.165) is 25.4 Å². The molecule has 0 aliphatic rings. The minimum absolute atomic E-state index is 0.359. The third-order valence-corrected chi connectivity index (χ3v) is 17.5. The fourth-order valence-electron chi connectivity index (χ4n) is 9.05. The summed E-state index contributed by atoms with van der Waals surface area (Å²) in [6.45, 7) is 8.07. The van der Waals surface area contributed by atoms with Crippen LogP contribution in [0.3, 0.4) is 0 Å². The van der Waals surface area contributed by atoms with E-state index in [1.165, 1.54) is 263 Å². The van der Waals surface area contributed by atoms with Crippen molar-refractivity contribution >= 4 is 6.91 Å². The maximum atomic E-state index is 17.1. The van der Waals surface area contributed by atoms with Gasteiger partial charge in [-0.05, 0) is 0 Å². The fraction of sp³-hybridized carbons (Fsp3) is 1.00. The van der Waals surface area contributed by atoms with Crippen LogP contribution in [0, 0.1) is 0 Å². The molecule has 0 unspecified atom stereocenters. The molecule has 0 heterocycles. The van der Waals surface area contributed by atoms with Crippen molar-refractivity contribution in [2.24, 2.45) is 0 Å². The van der Waals surface area contributed by atoms with Gasteiger partial charge in [0.2, 0.25) is 0 Å². The van der Waals surface area contributed by atoms with E-state index in [0.29, 0.717) is 5.66 Å². The summed E-state index contributed by atoms with van der Waals surface area (Å²) >= 11 is 0. The smallest absolute Gasteiger partial charge is 0.0654 e. The number of hydrogen-bond donors (Lipinski definition) is 0. The Kier molecular flexibility index (Phi) is 40.8. The van der Waals surface area contributed by atoms with Crippen LogP contribution in [0.15, 0.2) is 0 Å². The van der Waals surface area contributed by atoms with Gasteiger partial charge in [-0.3, -0.25) is 0 Å². The first-order valence-electron chi connectivity index (χ1n) is 25.6. The summed E-state index contributed by atoms with van der Waals surface area (Å²) < 4.78 is 17.1. The van der Waals surface area contributed by atoms with Crippen molar-refractivity contribution < 1.29 is 4.20 Å². The van der Waals surface area contributed by atoms with E-state index in [-0.39, 0.29) is 0 Å². The zero-order valence-electron chi connectivity index (χ0n) is 38.2. The molecule has 53 heavy (non-hydrogen) atoms. The minimum Gasteiger partial charge on any atom is -0.0654 e. The van der Waals surface area contributed by atoms with Gasteiger partial charge in [0, 0.05) is 0 Å².